The summed E-state index contributed by atoms with van der Waals surface area (Å²) in [4.78, 5) is 29.9. The van der Waals surface area contributed by atoms with Gasteiger partial charge in [-0.1, -0.05) is 96.7 Å². The molecule has 1 aliphatic rings. The van der Waals surface area contributed by atoms with Crippen LogP contribution in [-0.4, -0.2) is 43.8 Å². The number of nitrogens with one attached hydrogen (secondary N) is 1. The maximum Gasteiger partial charge on any atom is 0.264 e. The van der Waals surface area contributed by atoms with Gasteiger partial charge < -0.3 is 10.2 Å². The van der Waals surface area contributed by atoms with Crippen molar-refractivity contribution < 1.29 is 22.4 Å². The van der Waals surface area contributed by atoms with E-state index in [1.54, 1.807) is 30.3 Å². The van der Waals surface area contributed by atoms with E-state index in [0.29, 0.717) is 10.6 Å². The highest BCUT2D eigenvalue weighted by molar-refractivity contribution is 7.92. The Morgan fingerprint density at radius 3 is 2.11 bits per heavy atom. The summed E-state index contributed by atoms with van der Waals surface area (Å²) in [6, 6.07) is 26.0. The third-order valence-corrected chi connectivity index (χ3v) is 10.3. The Morgan fingerprint density at radius 2 is 1.48 bits per heavy atom. The molecular weight excluding hydrogens is 648 g/mol. The molecule has 11 heteroatoms. The minimum Gasteiger partial charge on any atom is -0.352 e. The molecule has 1 saturated carbocycles. The van der Waals surface area contributed by atoms with Gasteiger partial charge in [0.1, 0.15) is 18.4 Å². The standard InChI is InChI=1S/C35H34Cl2FN3O4S/c36-27-17-20-32(31(37)22-27)41(46(44,45)30-13-5-2-6-14-30)24-34(42)40(23-26-15-18-28(38)19-16-26)33(21-25-9-3-1-4-10-25)35(43)39-29-11-7-8-12-29/h1-6,9-10,13-20,22,29,33H,7-8,11-12,21,23-24H2,(H,39,43)/t33-/m1/s1. The zero-order valence-corrected chi connectivity index (χ0v) is 27.3. The number of amides is 2. The molecule has 0 heterocycles. The number of carbonyl (C=O) groups is 2. The van der Waals surface area contributed by atoms with Gasteiger partial charge in [0.2, 0.25) is 11.8 Å². The Morgan fingerprint density at radius 1 is 0.848 bits per heavy atom. The van der Waals surface area contributed by atoms with Gasteiger partial charge in [-0.05, 0) is 66.4 Å². The van der Waals surface area contributed by atoms with Crippen molar-refractivity contribution >= 4 is 50.7 Å². The Bertz CT molecular complexity index is 1750. The van der Waals surface area contributed by atoms with Crippen LogP contribution in [0.4, 0.5) is 10.1 Å². The van der Waals surface area contributed by atoms with Crippen molar-refractivity contribution in [1.29, 1.82) is 0 Å². The Balaban J connectivity index is 1.57. The lowest BCUT2D eigenvalue weighted by atomic mass is 10.0. The van der Waals surface area contributed by atoms with Gasteiger partial charge in [-0.25, -0.2) is 12.8 Å². The van der Waals surface area contributed by atoms with Crippen LogP contribution >= 0.6 is 23.2 Å². The number of halogens is 3. The van der Waals surface area contributed by atoms with E-state index in [1.807, 2.05) is 30.3 Å². The highest BCUT2D eigenvalue weighted by Crippen LogP contribution is 2.33. The predicted octanol–water partition coefficient (Wildman–Crippen LogP) is 7.03. The zero-order valence-electron chi connectivity index (χ0n) is 25.0. The molecule has 1 atom stereocenters. The summed E-state index contributed by atoms with van der Waals surface area (Å²) < 4.78 is 43.0. The number of nitrogens with zero attached hydrogens (tertiary/aromatic N) is 2. The van der Waals surface area contributed by atoms with Crippen LogP contribution in [0.15, 0.2) is 108 Å². The van der Waals surface area contributed by atoms with Crippen molar-refractivity contribution in [2.24, 2.45) is 0 Å². The van der Waals surface area contributed by atoms with E-state index < -0.39 is 34.3 Å². The van der Waals surface area contributed by atoms with Crippen LogP contribution in [0, 0.1) is 5.82 Å². The maximum absolute atomic E-state index is 14.5. The van der Waals surface area contributed by atoms with E-state index in [1.165, 1.54) is 47.4 Å². The van der Waals surface area contributed by atoms with Crippen LogP contribution in [0.1, 0.15) is 36.8 Å². The number of carbonyl (C=O) groups excluding carboxylic acids is 2. The molecule has 5 rings (SSSR count). The third kappa shape index (κ3) is 8.26. The van der Waals surface area contributed by atoms with E-state index in [4.69, 9.17) is 23.2 Å². The number of hydrogen-bond donors (Lipinski definition) is 1. The highest BCUT2D eigenvalue weighted by Gasteiger charge is 2.36. The fourth-order valence-electron chi connectivity index (χ4n) is 5.62. The third-order valence-electron chi connectivity index (χ3n) is 8.03. The number of anilines is 1. The number of rotatable bonds is 12. The average Bonchev–Trinajstić information content (AvgIpc) is 3.56. The fourth-order valence-corrected chi connectivity index (χ4v) is 7.64. The van der Waals surface area contributed by atoms with Gasteiger partial charge in [-0.2, -0.15) is 0 Å². The SMILES string of the molecule is O=C(NC1CCCC1)[C@@H](Cc1ccccc1)N(Cc1ccc(F)cc1)C(=O)CN(c1ccc(Cl)cc1Cl)S(=O)(=O)c1ccccc1. The number of sulfonamides is 1. The van der Waals surface area contributed by atoms with Gasteiger partial charge in [0.15, 0.2) is 0 Å². The molecule has 1 aliphatic carbocycles. The van der Waals surface area contributed by atoms with Crippen molar-refractivity contribution in [3.8, 4) is 0 Å². The second-order valence-electron chi connectivity index (χ2n) is 11.3. The molecule has 0 saturated heterocycles. The molecule has 240 valence electrons. The topological polar surface area (TPSA) is 86.8 Å². The highest BCUT2D eigenvalue weighted by atomic mass is 35.5. The molecule has 4 aromatic rings. The van der Waals surface area contributed by atoms with Gasteiger partial charge in [0.05, 0.1) is 15.6 Å². The van der Waals surface area contributed by atoms with Crippen LogP contribution in [0.2, 0.25) is 10.0 Å². The lowest BCUT2D eigenvalue weighted by Gasteiger charge is -2.34. The van der Waals surface area contributed by atoms with Crippen LogP contribution in [-0.2, 0) is 32.6 Å². The molecular formula is C35H34Cl2FN3O4S. The summed E-state index contributed by atoms with van der Waals surface area (Å²) in [7, 11) is -4.31. The van der Waals surface area contributed by atoms with Crippen LogP contribution in [0.3, 0.4) is 0 Å². The molecule has 2 amide bonds. The summed E-state index contributed by atoms with van der Waals surface area (Å²) >= 11 is 12.7. The first-order valence-electron chi connectivity index (χ1n) is 15.0. The minimum absolute atomic E-state index is 0.0172. The predicted molar refractivity (Wildman–Crippen MR) is 179 cm³/mol. The van der Waals surface area contributed by atoms with E-state index in [9.17, 15) is 22.4 Å². The summed E-state index contributed by atoms with van der Waals surface area (Å²) in [6.45, 7) is -0.732. The van der Waals surface area contributed by atoms with Crippen molar-refractivity contribution in [3.05, 3.63) is 130 Å². The largest absolute Gasteiger partial charge is 0.352 e. The minimum atomic E-state index is -4.31. The second kappa shape index (κ2) is 15.1. The van der Waals surface area contributed by atoms with Gasteiger partial charge in [0.25, 0.3) is 10.0 Å². The molecule has 0 aromatic heterocycles. The Labute approximate surface area is 279 Å². The van der Waals surface area contributed by atoms with Crippen molar-refractivity contribution in [2.75, 3.05) is 10.8 Å². The first kappa shape index (κ1) is 33.4. The van der Waals surface area contributed by atoms with E-state index in [-0.39, 0.29) is 40.5 Å². The summed E-state index contributed by atoms with van der Waals surface area (Å²) in [5.74, 6) is -1.43. The lowest BCUT2D eigenvalue weighted by molar-refractivity contribution is -0.140. The van der Waals surface area contributed by atoms with Gasteiger partial charge >= 0.3 is 0 Å². The Hall–Kier alpha value is -3.92. The van der Waals surface area contributed by atoms with Crippen molar-refractivity contribution in [2.45, 2.75) is 55.6 Å². The summed E-state index contributed by atoms with van der Waals surface area (Å²) in [5.41, 5.74) is 1.45. The van der Waals surface area contributed by atoms with Crippen LogP contribution in [0.5, 0.6) is 0 Å². The molecule has 7 nitrogen and oxygen atoms in total. The van der Waals surface area contributed by atoms with Crippen LogP contribution < -0.4 is 9.62 Å². The van der Waals surface area contributed by atoms with Gasteiger partial charge in [-0.15, -0.1) is 0 Å². The molecule has 0 bridgehead atoms. The van der Waals surface area contributed by atoms with E-state index in [0.717, 1.165) is 35.6 Å². The second-order valence-corrected chi connectivity index (χ2v) is 14.0. The lowest BCUT2D eigenvalue weighted by Crippen LogP contribution is -2.54. The van der Waals surface area contributed by atoms with Gasteiger partial charge in [0, 0.05) is 24.0 Å². The van der Waals surface area contributed by atoms with Gasteiger partial charge in [-0.3, -0.25) is 13.9 Å². The van der Waals surface area contributed by atoms with Crippen molar-refractivity contribution in [3.63, 3.8) is 0 Å². The zero-order chi connectivity index (χ0) is 32.7. The number of benzene rings is 4. The maximum atomic E-state index is 14.5. The molecule has 0 aliphatic heterocycles. The first-order chi connectivity index (χ1) is 22.1. The van der Waals surface area contributed by atoms with Crippen molar-refractivity contribution in [1.82, 2.24) is 10.2 Å². The van der Waals surface area contributed by atoms with Crippen LogP contribution in [0.25, 0.3) is 0 Å². The average molecular weight is 683 g/mol. The molecule has 1 fully saturated rings. The first-order valence-corrected chi connectivity index (χ1v) is 17.2. The monoisotopic (exact) mass is 681 g/mol. The summed E-state index contributed by atoms with van der Waals surface area (Å²) in [6.07, 6.45) is 3.86. The normalized spacial score (nSPS) is 14.1. The molecule has 46 heavy (non-hydrogen) atoms. The van der Waals surface area contributed by atoms with E-state index in [2.05, 4.69) is 5.32 Å². The number of hydrogen-bond acceptors (Lipinski definition) is 4. The smallest absolute Gasteiger partial charge is 0.264 e. The molecule has 0 radical (unpaired) electrons. The Kier molecular flexibility index (Phi) is 11.0. The quantitative estimate of drug-likeness (QED) is 0.174. The molecule has 4 aromatic carbocycles. The van der Waals surface area contributed by atoms with E-state index >= 15 is 0 Å². The molecule has 1 N–H and O–H groups in total. The molecule has 0 unspecified atom stereocenters. The summed E-state index contributed by atoms with van der Waals surface area (Å²) in [5, 5.41) is 3.45. The fraction of sp³-hybridized carbons (Fsp3) is 0.257. The molecule has 0 spiro atoms.